The summed E-state index contributed by atoms with van der Waals surface area (Å²) >= 11 is 0. The van der Waals surface area contributed by atoms with Gasteiger partial charge in [0.2, 0.25) is 11.8 Å². The maximum Gasteiger partial charge on any atom is 0.416 e. The first-order valence-corrected chi connectivity index (χ1v) is 12.4. The van der Waals surface area contributed by atoms with Gasteiger partial charge in [-0.25, -0.2) is 4.39 Å². The van der Waals surface area contributed by atoms with Crippen molar-refractivity contribution >= 4 is 23.4 Å². The van der Waals surface area contributed by atoms with Gasteiger partial charge in [0.15, 0.2) is 0 Å². The third kappa shape index (κ3) is 4.94. The lowest BCUT2D eigenvalue weighted by atomic mass is 9.64. The number of hydrogen-bond acceptors (Lipinski definition) is 5. The van der Waals surface area contributed by atoms with Gasteiger partial charge < -0.3 is 15.0 Å². The summed E-state index contributed by atoms with van der Waals surface area (Å²) in [6, 6.07) is 9.85. The molecule has 1 N–H and O–H groups in total. The van der Waals surface area contributed by atoms with Gasteiger partial charge in [0, 0.05) is 12.5 Å². The molecule has 0 bridgehead atoms. The fourth-order valence-corrected chi connectivity index (χ4v) is 5.30. The zero-order valence-corrected chi connectivity index (χ0v) is 20.6. The lowest BCUT2D eigenvalue weighted by molar-refractivity contribution is -0.164. The number of rotatable bonds is 6. The summed E-state index contributed by atoms with van der Waals surface area (Å²) in [6.45, 7) is 0.370. The zero-order chi connectivity index (χ0) is 27.9. The average Bonchev–Trinajstić information content (AvgIpc) is 2.85. The van der Waals surface area contributed by atoms with Crippen LogP contribution in [0.5, 0.6) is 0 Å². The van der Waals surface area contributed by atoms with Crippen LogP contribution in [0, 0.1) is 23.1 Å². The summed E-state index contributed by atoms with van der Waals surface area (Å²) in [6.07, 6.45) is -4.24. The van der Waals surface area contributed by atoms with E-state index in [4.69, 9.17) is 10.00 Å². The van der Waals surface area contributed by atoms with Crippen LogP contribution in [-0.2, 0) is 31.7 Å². The minimum Gasteiger partial charge on any atom is -0.377 e. The Morgan fingerprint density at radius 1 is 1.13 bits per heavy atom. The minimum absolute atomic E-state index is 0.0262. The number of halogens is 4. The van der Waals surface area contributed by atoms with Gasteiger partial charge in [0.25, 0.3) is 5.91 Å². The highest BCUT2D eigenvalue weighted by molar-refractivity contribution is 6.10. The van der Waals surface area contributed by atoms with Crippen molar-refractivity contribution in [1.29, 1.82) is 5.26 Å². The molecule has 8 nitrogen and oxygen atoms in total. The Labute approximate surface area is 221 Å². The van der Waals surface area contributed by atoms with E-state index >= 15 is 0 Å². The molecule has 0 unspecified atom stereocenters. The number of nitrogens with zero attached hydrogens (tertiary/aromatic N) is 3. The summed E-state index contributed by atoms with van der Waals surface area (Å²) < 4.78 is 58.7. The molecular formula is C27H24F4N4O4. The largest absolute Gasteiger partial charge is 0.416 e. The first-order valence-electron chi connectivity index (χ1n) is 12.4. The molecule has 2 aromatic carbocycles. The van der Waals surface area contributed by atoms with Crippen molar-refractivity contribution < 1.29 is 36.7 Å². The van der Waals surface area contributed by atoms with Crippen LogP contribution in [0.3, 0.4) is 0 Å². The topological polar surface area (TPSA) is 103 Å². The van der Waals surface area contributed by atoms with Gasteiger partial charge in [-0.3, -0.25) is 19.3 Å². The number of anilines is 1. The monoisotopic (exact) mass is 544 g/mol. The van der Waals surface area contributed by atoms with E-state index in [1.54, 1.807) is 0 Å². The summed E-state index contributed by atoms with van der Waals surface area (Å²) in [5, 5.41) is 11.9. The van der Waals surface area contributed by atoms with E-state index in [0.29, 0.717) is 18.8 Å². The standard InChI is InChI=1S/C27H24F4N4O4/c28-21-9-17(12-32)3-6-22(21)34-13-23(36)35(8-7-16-1-4-19(5-2-16)27(29,30)31)26(25(34)38)10-18(11-26)24(37)33-20-14-39-15-20/h1-6,9,18,20H,7-8,10-11,13-15H2,(H,33,37). The fraction of sp³-hybridized carbons (Fsp3) is 0.407. The zero-order valence-electron chi connectivity index (χ0n) is 20.6. The van der Waals surface area contributed by atoms with E-state index in [0.717, 1.165) is 23.1 Å². The van der Waals surface area contributed by atoms with Crippen molar-refractivity contribution in [3.63, 3.8) is 0 Å². The summed E-state index contributed by atoms with van der Waals surface area (Å²) in [5.41, 5.74) is -1.75. The highest BCUT2D eigenvalue weighted by Crippen LogP contribution is 2.47. The van der Waals surface area contributed by atoms with Crippen LogP contribution in [0.1, 0.15) is 29.5 Å². The molecule has 1 aliphatic carbocycles. The number of amides is 3. The first-order chi connectivity index (χ1) is 18.5. The van der Waals surface area contributed by atoms with Crippen LogP contribution in [0.2, 0.25) is 0 Å². The van der Waals surface area contributed by atoms with Crippen molar-refractivity contribution in [3.8, 4) is 6.07 Å². The van der Waals surface area contributed by atoms with E-state index in [-0.39, 0.29) is 49.0 Å². The smallest absolute Gasteiger partial charge is 0.377 e. The van der Waals surface area contributed by atoms with Gasteiger partial charge in [-0.1, -0.05) is 12.1 Å². The van der Waals surface area contributed by atoms with Gasteiger partial charge in [-0.05, 0) is 55.2 Å². The number of carbonyl (C=O) groups excluding carboxylic acids is 3. The molecule has 1 saturated carbocycles. The second kappa shape index (κ2) is 9.96. The summed E-state index contributed by atoms with van der Waals surface area (Å²) in [5.74, 6) is -2.67. The van der Waals surface area contributed by atoms with Gasteiger partial charge in [-0.15, -0.1) is 0 Å². The fourth-order valence-electron chi connectivity index (χ4n) is 5.30. The minimum atomic E-state index is -4.48. The molecule has 2 heterocycles. The van der Waals surface area contributed by atoms with Crippen LogP contribution in [0.15, 0.2) is 42.5 Å². The Kier molecular flexibility index (Phi) is 6.80. The maximum absolute atomic E-state index is 14.8. The van der Waals surface area contributed by atoms with Crippen molar-refractivity contribution in [2.24, 2.45) is 5.92 Å². The highest BCUT2D eigenvalue weighted by Gasteiger charge is 2.61. The molecule has 2 aliphatic heterocycles. The van der Waals surface area contributed by atoms with Gasteiger partial charge in [-0.2, -0.15) is 18.4 Å². The van der Waals surface area contributed by atoms with Crippen LogP contribution < -0.4 is 10.2 Å². The Morgan fingerprint density at radius 3 is 2.38 bits per heavy atom. The number of ether oxygens (including phenoxy) is 1. The number of alkyl halides is 3. The lowest BCUT2D eigenvalue weighted by Gasteiger charge is -2.56. The molecule has 204 valence electrons. The predicted octanol–water partition coefficient (Wildman–Crippen LogP) is 2.80. The second-order valence-electron chi connectivity index (χ2n) is 10.0. The third-order valence-corrected chi connectivity index (χ3v) is 7.55. The quantitative estimate of drug-likeness (QED) is 0.564. The predicted molar refractivity (Wildman–Crippen MR) is 129 cm³/mol. The molecule has 2 aromatic rings. The Morgan fingerprint density at radius 2 is 1.82 bits per heavy atom. The van der Waals surface area contributed by atoms with E-state index in [2.05, 4.69) is 5.32 Å². The number of hydrogen-bond donors (Lipinski definition) is 1. The number of carbonyl (C=O) groups is 3. The summed E-state index contributed by atoms with van der Waals surface area (Å²) in [4.78, 5) is 42.4. The maximum atomic E-state index is 14.8. The Balaban J connectivity index is 1.38. The molecule has 5 rings (SSSR count). The number of benzene rings is 2. The van der Waals surface area contributed by atoms with Crippen LogP contribution in [0.4, 0.5) is 23.2 Å². The van der Waals surface area contributed by atoms with E-state index < -0.39 is 47.4 Å². The highest BCUT2D eigenvalue weighted by atomic mass is 19.4. The SMILES string of the molecule is N#Cc1ccc(N2CC(=O)N(CCc3ccc(C(F)(F)F)cc3)C3(CC(C(=O)NC4COC4)C3)C2=O)c(F)c1. The normalized spacial score (nSPS) is 23.3. The van der Waals surface area contributed by atoms with Gasteiger partial charge >= 0.3 is 6.18 Å². The molecule has 3 aliphatic rings. The molecule has 0 radical (unpaired) electrons. The molecule has 3 fully saturated rings. The Hall–Kier alpha value is -3.98. The van der Waals surface area contributed by atoms with Crippen molar-refractivity contribution in [3.05, 3.63) is 65.0 Å². The number of nitrogens with one attached hydrogen (secondary N) is 1. The van der Waals surface area contributed by atoms with Crippen molar-refractivity contribution in [2.75, 3.05) is 31.2 Å². The van der Waals surface area contributed by atoms with E-state index in [9.17, 15) is 31.9 Å². The molecule has 3 amide bonds. The van der Waals surface area contributed by atoms with Crippen molar-refractivity contribution in [2.45, 2.75) is 37.0 Å². The Bertz CT molecular complexity index is 1350. The molecule has 2 saturated heterocycles. The average molecular weight is 545 g/mol. The van der Waals surface area contributed by atoms with Crippen LogP contribution in [0.25, 0.3) is 0 Å². The molecule has 1 spiro atoms. The van der Waals surface area contributed by atoms with Crippen LogP contribution >= 0.6 is 0 Å². The number of piperazine rings is 1. The lowest BCUT2D eigenvalue weighted by Crippen LogP contribution is -2.74. The third-order valence-electron chi connectivity index (χ3n) is 7.55. The molecule has 12 heteroatoms. The molecule has 39 heavy (non-hydrogen) atoms. The summed E-state index contributed by atoms with van der Waals surface area (Å²) in [7, 11) is 0. The second-order valence-corrected chi connectivity index (χ2v) is 10.0. The van der Waals surface area contributed by atoms with E-state index in [1.165, 1.54) is 29.2 Å². The van der Waals surface area contributed by atoms with Gasteiger partial charge in [0.1, 0.15) is 17.9 Å². The number of nitriles is 1. The molecular weight excluding hydrogens is 520 g/mol. The van der Waals surface area contributed by atoms with Crippen molar-refractivity contribution in [1.82, 2.24) is 10.2 Å². The van der Waals surface area contributed by atoms with E-state index in [1.807, 2.05) is 6.07 Å². The first kappa shape index (κ1) is 26.6. The van der Waals surface area contributed by atoms with Crippen LogP contribution in [-0.4, -0.2) is 60.5 Å². The molecule has 0 atom stereocenters. The molecule has 0 aromatic heterocycles. The van der Waals surface area contributed by atoms with Gasteiger partial charge in [0.05, 0.1) is 42.1 Å².